The van der Waals surface area contributed by atoms with E-state index in [1.165, 1.54) is 4.90 Å². The summed E-state index contributed by atoms with van der Waals surface area (Å²) >= 11 is 5.94. The lowest BCUT2D eigenvalue weighted by Gasteiger charge is -2.38. The fraction of sp³-hybridized carbons (Fsp3) is 0.357. The third kappa shape index (κ3) is 3.26. The monoisotopic (exact) mass is 267 g/mol. The molecule has 1 amide bonds. The first-order chi connectivity index (χ1) is 8.27. The predicted molar refractivity (Wildman–Crippen MR) is 74.0 cm³/mol. The van der Waals surface area contributed by atoms with Crippen LogP contribution in [0.15, 0.2) is 36.9 Å². The Bertz CT molecular complexity index is 451. The van der Waals surface area contributed by atoms with E-state index in [4.69, 9.17) is 11.6 Å². The van der Waals surface area contributed by atoms with E-state index >= 15 is 0 Å². The standard InChI is InChI=1S/C14H18ClNO2/c1-5-12(10-7-6-8-11(15)9-10)16(13(17)18)14(2,3)4/h5-9,12H,1H2,2-4H3,(H,17,18)/t12-/m0/s1. The number of benzene rings is 1. The molecule has 0 unspecified atom stereocenters. The Kier molecular flexibility index (Phi) is 4.41. The molecule has 0 radical (unpaired) electrons. The SMILES string of the molecule is C=C[C@@H](c1cccc(Cl)c1)N(C(=O)O)C(C)(C)C. The smallest absolute Gasteiger partial charge is 0.408 e. The molecule has 1 rings (SSSR count). The zero-order chi connectivity index (χ0) is 13.9. The van der Waals surface area contributed by atoms with Gasteiger partial charge in [-0.1, -0.05) is 29.8 Å². The Labute approximate surface area is 113 Å². The van der Waals surface area contributed by atoms with Crippen molar-refractivity contribution in [3.63, 3.8) is 0 Å². The molecule has 1 atom stereocenters. The molecule has 0 aromatic heterocycles. The summed E-state index contributed by atoms with van der Waals surface area (Å²) in [5, 5.41) is 9.97. The molecule has 0 aliphatic rings. The molecule has 4 heteroatoms. The van der Waals surface area contributed by atoms with Gasteiger partial charge in [0.15, 0.2) is 0 Å². The van der Waals surface area contributed by atoms with E-state index in [1.807, 2.05) is 26.8 Å². The first kappa shape index (κ1) is 14.6. The van der Waals surface area contributed by atoms with E-state index in [0.29, 0.717) is 5.02 Å². The van der Waals surface area contributed by atoms with E-state index in [-0.39, 0.29) is 0 Å². The maximum atomic E-state index is 11.4. The van der Waals surface area contributed by atoms with Crippen molar-refractivity contribution in [2.45, 2.75) is 32.4 Å². The predicted octanol–water partition coefficient (Wildman–Crippen LogP) is 4.35. The molecule has 0 saturated carbocycles. The summed E-state index contributed by atoms with van der Waals surface area (Å²) in [6.07, 6.45) is 0.637. The summed E-state index contributed by atoms with van der Waals surface area (Å²) < 4.78 is 0. The van der Waals surface area contributed by atoms with Crippen LogP contribution < -0.4 is 0 Å². The van der Waals surface area contributed by atoms with Crippen LogP contribution in [-0.4, -0.2) is 21.6 Å². The molecule has 98 valence electrons. The van der Waals surface area contributed by atoms with Crippen LogP contribution in [0.3, 0.4) is 0 Å². The van der Waals surface area contributed by atoms with Crippen molar-refractivity contribution >= 4 is 17.7 Å². The van der Waals surface area contributed by atoms with Gasteiger partial charge in [-0.3, -0.25) is 4.90 Å². The number of carboxylic acid groups (broad SMARTS) is 1. The van der Waals surface area contributed by atoms with Crippen LogP contribution in [-0.2, 0) is 0 Å². The van der Waals surface area contributed by atoms with Gasteiger partial charge in [0.2, 0.25) is 0 Å². The number of halogens is 1. The van der Waals surface area contributed by atoms with E-state index in [0.717, 1.165) is 5.56 Å². The summed E-state index contributed by atoms with van der Waals surface area (Å²) in [6, 6.07) is 6.75. The van der Waals surface area contributed by atoms with Crippen molar-refractivity contribution < 1.29 is 9.90 Å². The summed E-state index contributed by atoms with van der Waals surface area (Å²) in [5.41, 5.74) is 0.294. The zero-order valence-corrected chi connectivity index (χ0v) is 11.6. The quantitative estimate of drug-likeness (QED) is 0.828. The number of carbonyl (C=O) groups is 1. The van der Waals surface area contributed by atoms with Crippen LogP contribution in [0, 0.1) is 0 Å². The molecule has 0 aliphatic carbocycles. The maximum absolute atomic E-state index is 11.4. The zero-order valence-electron chi connectivity index (χ0n) is 10.9. The minimum atomic E-state index is -0.979. The topological polar surface area (TPSA) is 40.5 Å². The van der Waals surface area contributed by atoms with Gasteiger partial charge in [-0.2, -0.15) is 0 Å². The van der Waals surface area contributed by atoms with Crippen LogP contribution in [0.4, 0.5) is 4.79 Å². The Hall–Kier alpha value is -1.48. The number of rotatable bonds is 3. The molecule has 0 bridgehead atoms. The lowest BCUT2D eigenvalue weighted by Crippen LogP contribution is -2.46. The van der Waals surface area contributed by atoms with Gasteiger partial charge in [0, 0.05) is 10.6 Å². The molecule has 1 N–H and O–H groups in total. The summed E-state index contributed by atoms with van der Waals surface area (Å²) in [6.45, 7) is 9.28. The van der Waals surface area contributed by atoms with Gasteiger partial charge in [-0.05, 0) is 38.5 Å². The largest absolute Gasteiger partial charge is 0.465 e. The highest BCUT2D eigenvalue weighted by Crippen LogP contribution is 2.30. The highest BCUT2D eigenvalue weighted by molar-refractivity contribution is 6.30. The van der Waals surface area contributed by atoms with Gasteiger partial charge in [-0.15, -0.1) is 6.58 Å². The fourth-order valence-corrected chi connectivity index (χ4v) is 2.10. The van der Waals surface area contributed by atoms with E-state index in [9.17, 15) is 9.90 Å². The molecule has 0 heterocycles. The van der Waals surface area contributed by atoms with Crippen LogP contribution in [0.2, 0.25) is 5.02 Å². The van der Waals surface area contributed by atoms with Crippen molar-refractivity contribution in [2.75, 3.05) is 0 Å². The molecule has 18 heavy (non-hydrogen) atoms. The third-order valence-electron chi connectivity index (χ3n) is 2.62. The maximum Gasteiger partial charge on any atom is 0.408 e. The molecule has 1 aromatic rings. The van der Waals surface area contributed by atoms with Crippen molar-refractivity contribution in [3.05, 3.63) is 47.5 Å². The van der Waals surface area contributed by atoms with Gasteiger partial charge in [0.1, 0.15) is 0 Å². The van der Waals surface area contributed by atoms with Crippen LogP contribution in [0.25, 0.3) is 0 Å². The van der Waals surface area contributed by atoms with Crippen LogP contribution in [0.1, 0.15) is 32.4 Å². The molecular formula is C14H18ClNO2. The average molecular weight is 268 g/mol. The Morgan fingerprint density at radius 1 is 1.50 bits per heavy atom. The Balaban J connectivity index is 3.23. The van der Waals surface area contributed by atoms with Gasteiger partial charge < -0.3 is 5.11 Å². The highest BCUT2D eigenvalue weighted by Gasteiger charge is 2.32. The number of amides is 1. The van der Waals surface area contributed by atoms with E-state index in [2.05, 4.69) is 6.58 Å². The van der Waals surface area contributed by atoms with E-state index < -0.39 is 17.7 Å². The third-order valence-corrected chi connectivity index (χ3v) is 2.86. The van der Waals surface area contributed by atoms with Gasteiger partial charge in [0.25, 0.3) is 0 Å². The van der Waals surface area contributed by atoms with Crippen molar-refractivity contribution in [1.82, 2.24) is 4.90 Å². The first-order valence-corrected chi connectivity index (χ1v) is 6.05. The molecule has 1 aromatic carbocycles. The van der Waals surface area contributed by atoms with Gasteiger partial charge >= 0.3 is 6.09 Å². The van der Waals surface area contributed by atoms with Gasteiger partial charge in [0.05, 0.1) is 6.04 Å². The number of hydrogen-bond donors (Lipinski definition) is 1. The highest BCUT2D eigenvalue weighted by atomic mass is 35.5. The van der Waals surface area contributed by atoms with Crippen molar-refractivity contribution in [3.8, 4) is 0 Å². The minimum Gasteiger partial charge on any atom is -0.465 e. The molecule has 0 saturated heterocycles. The average Bonchev–Trinajstić information content (AvgIpc) is 2.23. The molecule has 0 spiro atoms. The lowest BCUT2D eigenvalue weighted by atomic mass is 9.98. The fourth-order valence-electron chi connectivity index (χ4n) is 1.90. The normalized spacial score (nSPS) is 12.9. The lowest BCUT2D eigenvalue weighted by molar-refractivity contribution is 0.0831. The molecule has 3 nitrogen and oxygen atoms in total. The molecule has 0 fully saturated rings. The van der Waals surface area contributed by atoms with E-state index in [1.54, 1.807) is 24.3 Å². The second kappa shape index (κ2) is 5.44. The molecule has 0 aliphatic heterocycles. The first-order valence-electron chi connectivity index (χ1n) is 5.67. The summed E-state index contributed by atoms with van der Waals surface area (Å²) in [4.78, 5) is 12.8. The molecular weight excluding hydrogens is 250 g/mol. The van der Waals surface area contributed by atoms with Crippen molar-refractivity contribution in [2.24, 2.45) is 0 Å². The minimum absolute atomic E-state index is 0.416. The Morgan fingerprint density at radius 3 is 2.50 bits per heavy atom. The summed E-state index contributed by atoms with van der Waals surface area (Å²) in [7, 11) is 0. The number of hydrogen-bond acceptors (Lipinski definition) is 1. The van der Waals surface area contributed by atoms with Crippen molar-refractivity contribution in [1.29, 1.82) is 0 Å². The van der Waals surface area contributed by atoms with Crippen LogP contribution >= 0.6 is 11.6 Å². The second-order valence-electron chi connectivity index (χ2n) is 5.06. The summed E-state index contributed by atoms with van der Waals surface area (Å²) in [5.74, 6) is 0. The van der Waals surface area contributed by atoms with Gasteiger partial charge in [-0.25, -0.2) is 4.79 Å². The Morgan fingerprint density at radius 2 is 2.11 bits per heavy atom. The van der Waals surface area contributed by atoms with Crippen LogP contribution in [0.5, 0.6) is 0 Å². The second-order valence-corrected chi connectivity index (χ2v) is 5.50. The number of nitrogens with zero attached hydrogens (tertiary/aromatic N) is 1.